The number of hydrogen-bond acceptors (Lipinski definition) is 2. The molecule has 0 aliphatic carbocycles. The van der Waals surface area contributed by atoms with Crippen molar-refractivity contribution in [3.63, 3.8) is 0 Å². The van der Waals surface area contributed by atoms with E-state index in [1.54, 1.807) is 34.3 Å². The topological polar surface area (TPSA) is 40.6 Å². The molecule has 102 valence electrons. The van der Waals surface area contributed by atoms with E-state index in [2.05, 4.69) is 6.58 Å². The lowest BCUT2D eigenvalue weighted by Gasteiger charge is -2.34. The molecule has 0 saturated carbocycles. The first-order valence-electron chi connectivity index (χ1n) is 5.99. The van der Waals surface area contributed by atoms with Crippen molar-refractivity contribution in [1.29, 1.82) is 0 Å². The van der Waals surface area contributed by atoms with Gasteiger partial charge in [0.05, 0.1) is 0 Å². The molecule has 0 spiro atoms. The molecule has 0 N–H and O–H groups in total. The van der Waals surface area contributed by atoms with E-state index in [0.29, 0.717) is 12.8 Å². The van der Waals surface area contributed by atoms with Crippen molar-refractivity contribution in [3.8, 4) is 0 Å². The molecule has 0 heterocycles. The van der Waals surface area contributed by atoms with E-state index in [-0.39, 0.29) is 11.8 Å². The zero-order valence-electron chi connectivity index (χ0n) is 12.1. The molecule has 4 nitrogen and oxygen atoms in total. The van der Waals surface area contributed by atoms with Crippen molar-refractivity contribution in [2.24, 2.45) is 5.41 Å². The largest absolute Gasteiger partial charge is 0.348 e. The van der Waals surface area contributed by atoms with Crippen LogP contribution in [0.2, 0.25) is 0 Å². The molecule has 0 aromatic rings. The summed E-state index contributed by atoms with van der Waals surface area (Å²) in [4.78, 5) is 27.7. The van der Waals surface area contributed by atoms with Crippen LogP contribution in [0.1, 0.15) is 19.8 Å². The Hall–Kier alpha value is -1.58. The molecular weight excluding hydrogens is 228 g/mol. The summed E-state index contributed by atoms with van der Waals surface area (Å²) in [6.07, 6.45) is 6.07. The standard InChI is InChI=1S/C14H24N2O2/c1-7-9-11-14(10-8-2,12(17)15(3)4)13(18)16(5)6/h7-9H,2,10-11H2,1,3-6H3/b9-7+. The summed E-state index contributed by atoms with van der Waals surface area (Å²) in [5.74, 6) is -0.363. The summed E-state index contributed by atoms with van der Waals surface area (Å²) in [7, 11) is 6.66. The zero-order valence-corrected chi connectivity index (χ0v) is 12.1. The van der Waals surface area contributed by atoms with E-state index in [1.165, 1.54) is 9.80 Å². The van der Waals surface area contributed by atoms with Gasteiger partial charge in [-0.2, -0.15) is 0 Å². The maximum absolute atomic E-state index is 12.4. The maximum atomic E-state index is 12.4. The van der Waals surface area contributed by atoms with Gasteiger partial charge in [0.15, 0.2) is 0 Å². The van der Waals surface area contributed by atoms with Crippen molar-refractivity contribution in [2.45, 2.75) is 19.8 Å². The first-order chi connectivity index (χ1) is 8.33. The highest BCUT2D eigenvalue weighted by Gasteiger charge is 2.45. The van der Waals surface area contributed by atoms with Crippen LogP contribution in [0.5, 0.6) is 0 Å². The molecule has 0 rings (SSSR count). The van der Waals surface area contributed by atoms with Crippen molar-refractivity contribution < 1.29 is 9.59 Å². The van der Waals surface area contributed by atoms with E-state index in [1.807, 2.05) is 19.1 Å². The van der Waals surface area contributed by atoms with Crippen molar-refractivity contribution in [1.82, 2.24) is 9.80 Å². The van der Waals surface area contributed by atoms with Crippen molar-refractivity contribution in [3.05, 3.63) is 24.8 Å². The number of hydrogen-bond donors (Lipinski definition) is 0. The minimum absolute atomic E-state index is 0.181. The fourth-order valence-corrected chi connectivity index (χ4v) is 1.95. The minimum atomic E-state index is -1.07. The summed E-state index contributed by atoms with van der Waals surface area (Å²) >= 11 is 0. The Balaban J connectivity index is 5.61. The Morgan fingerprint density at radius 1 is 1.06 bits per heavy atom. The Morgan fingerprint density at radius 3 is 1.78 bits per heavy atom. The molecule has 0 atom stereocenters. The molecule has 0 saturated heterocycles. The van der Waals surface area contributed by atoms with Gasteiger partial charge < -0.3 is 9.80 Å². The quantitative estimate of drug-likeness (QED) is 0.533. The molecule has 0 radical (unpaired) electrons. The van der Waals surface area contributed by atoms with Crippen LogP contribution in [0.3, 0.4) is 0 Å². The van der Waals surface area contributed by atoms with Gasteiger partial charge in [-0.3, -0.25) is 9.59 Å². The number of carbonyl (C=O) groups excluding carboxylic acids is 2. The molecule has 0 aromatic carbocycles. The summed E-state index contributed by atoms with van der Waals surface area (Å²) < 4.78 is 0. The Labute approximate surface area is 110 Å². The lowest BCUT2D eigenvalue weighted by atomic mass is 9.78. The van der Waals surface area contributed by atoms with Crippen LogP contribution in [-0.2, 0) is 9.59 Å². The highest BCUT2D eigenvalue weighted by atomic mass is 16.2. The fourth-order valence-electron chi connectivity index (χ4n) is 1.95. The summed E-state index contributed by atoms with van der Waals surface area (Å²) in [6, 6.07) is 0. The van der Waals surface area contributed by atoms with Gasteiger partial charge >= 0.3 is 0 Å². The molecular formula is C14H24N2O2. The highest BCUT2D eigenvalue weighted by Crippen LogP contribution is 2.32. The monoisotopic (exact) mass is 252 g/mol. The second-order valence-electron chi connectivity index (χ2n) is 4.75. The number of amides is 2. The number of allylic oxidation sites excluding steroid dienone is 3. The lowest BCUT2D eigenvalue weighted by molar-refractivity contribution is -0.153. The lowest BCUT2D eigenvalue weighted by Crippen LogP contribution is -2.50. The SMILES string of the molecule is C=CCC(C/C=C/C)(C(=O)N(C)C)C(=O)N(C)C. The number of carbonyl (C=O) groups is 2. The highest BCUT2D eigenvalue weighted by molar-refractivity contribution is 6.05. The van der Waals surface area contributed by atoms with Gasteiger partial charge in [0, 0.05) is 28.2 Å². The molecule has 0 aliphatic rings. The molecule has 0 fully saturated rings. The van der Waals surface area contributed by atoms with Crippen molar-refractivity contribution in [2.75, 3.05) is 28.2 Å². The first-order valence-corrected chi connectivity index (χ1v) is 5.99. The van der Waals surface area contributed by atoms with Gasteiger partial charge in [0.25, 0.3) is 0 Å². The third-order valence-corrected chi connectivity index (χ3v) is 2.83. The molecule has 0 bridgehead atoms. The van der Waals surface area contributed by atoms with Gasteiger partial charge in [-0.25, -0.2) is 0 Å². The Kier molecular flexibility index (Phi) is 6.37. The second-order valence-corrected chi connectivity index (χ2v) is 4.75. The van der Waals surface area contributed by atoms with E-state index < -0.39 is 5.41 Å². The first kappa shape index (κ1) is 16.4. The van der Waals surface area contributed by atoms with Crippen molar-refractivity contribution >= 4 is 11.8 Å². The van der Waals surface area contributed by atoms with Crippen LogP contribution in [0, 0.1) is 5.41 Å². The number of nitrogens with zero attached hydrogens (tertiary/aromatic N) is 2. The summed E-state index contributed by atoms with van der Waals surface area (Å²) in [6.45, 7) is 5.55. The number of rotatable bonds is 6. The van der Waals surface area contributed by atoms with E-state index in [0.717, 1.165) is 0 Å². The molecule has 2 amide bonds. The minimum Gasteiger partial charge on any atom is -0.348 e. The van der Waals surface area contributed by atoms with Crippen LogP contribution in [0.15, 0.2) is 24.8 Å². The molecule has 0 aliphatic heterocycles. The second kappa shape index (κ2) is 6.99. The Bertz CT molecular complexity index is 324. The van der Waals surface area contributed by atoms with Gasteiger partial charge in [0.1, 0.15) is 5.41 Å². The van der Waals surface area contributed by atoms with E-state index in [9.17, 15) is 9.59 Å². The maximum Gasteiger partial charge on any atom is 0.238 e. The molecule has 0 unspecified atom stereocenters. The fraction of sp³-hybridized carbons (Fsp3) is 0.571. The van der Waals surface area contributed by atoms with E-state index in [4.69, 9.17) is 0 Å². The average Bonchev–Trinajstić information content (AvgIpc) is 2.32. The Morgan fingerprint density at radius 2 is 1.50 bits per heavy atom. The molecule has 4 heteroatoms. The zero-order chi connectivity index (χ0) is 14.3. The third kappa shape index (κ3) is 3.45. The summed E-state index contributed by atoms with van der Waals surface area (Å²) in [5, 5.41) is 0. The normalized spacial score (nSPS) is 11.4. The van der Waals surface area contributed by atoms with Gasteiger partial charge in [-0.05, 0) is 19.8 Å². The molecule has 0 aromatic heterocycles. The van der Waals surface area contributed by atoms with Crippen LogP contribution < -0.4 is 0 Å². The van der Waals surface area contributed by atoms with Crippen LogP contribution in [-0.4, -0.2) is 49.8 Å². The molecule has 18 heavy (non-hydrogen) atoms. The predicted molar refractivity (Wildman–Crippen MR) is 74.1 cm³/mol. The smallest absolute Gasteiger partial charge is 0.238 e. The van der Waals surface area contributed by atoms with Gasteiger partial charge in [-0.15, -0.1) is 6.58 Å². The third-order valence-electron chi connectivity index (χ3n) is 2.83. The summed E-state index contributed by atoms with van der Waals surface area (Å²) in [5.41, 5.74) is -1.07. The van der Waals surface area contributed by atoms with Gasteiger partial charge in [-0.1, -0.05) is 18.2 Å². The van der Waals surface area contributed by atoms with Crippen LogP contribution >= 0.6 is 0 Å². The van der Waals surface area contributed by atoms with Gasteiger partial charge in [0.2, 0.25) is 11.8 Å². The predicted octanol–water partition coefficient (Wildman–Crippen LogP) is 1.69. The van der Waals surface area contributed by atoms with Crippen LogP contribution in [0.25, 0.3) is 0 Å². The van der Waals surface area contributed by atoms with E-state index >= 15 is 0 Å². The average molecular weight is 252 g/mol. The van der Waals surface area contributed by atoms with Crippen LogP contribution in [0.4, 0.5) is 0 Å².